The summed E-state index contributed by atoms with van der Waals surface area (Å²) in [5, 5.41) is 23.1. The number of non-ortho nitro benzene ring substituents is 1. The highest BCUT2D eigenvalue weighted by Crippen LogP contribution is 2.42. The molecule has 0 atom stereocenters. The summed E-state index contributed by atoms with van der Waals surface area (Å²) >= 11 is 3.23. The van der Waals surface area contributed by atoms with Crippen molar-refractivity contribution in [1.82, 2.24) is 18.7 Å². The molecule has 0 aliphatic heterocycles. The average Bonchev–Trinajstić information content (AvgIpc) is 3.30. The second-order valence-electron chi connectivity index (χ2n) is 9.51. The molecular formula is C29H26BrN5O5. The average molecular weight is 604 g/mol. The van der Waals surface area contributed by atoms with Crippen LogP contribution in [0.2, 0.25) is 0 Å². The maximum atomic E-state index is 14.2. The fraction of sp³-hybridized carbons (Fsp3) is 0.172. The van der Waals surface area contributed by atoms with Crippen molar-refractivity contribution in [2.24, 2.45) is 14.1 Å². The zero-order chi connectivity index (χ0) is 28.9. The van der Waals surface area contributed by atoms with E-state index in [1.54, 1.807) is 61.6 Å². The standard InChI is InChI=1S/C29H26BrN5O5/c1-17-24(28(37)33(31(17)3)19-11-7-5-8-12-19)26(22-15-21(35(39)40)16-23(30)27(22)36)25-18(2)32(4)34(29(25)38)20-13-9-6-10-14-20/h5-16,26,36H,1-4H3. The third-order valence-electron chi connectivity index (χ3n) is 7.37. The molecule has 0 spiro atoms. The fourth-order valence-corrected chi connectivity index (χ4v) is 5.69. The third-order valence-corrected chi connectivity index (χ3v) is 7.98. The number of nitrogens with zero attached hydrogens (tertiary/aromatic N) is 5. The molecule has 0 aliphatic rings. The molecule has 5 rings (SSSR count). The molecule has 10 nitrogen and oxygen atoms in total. The van der Waals surface area contributed by atoms with Crippen molar-refractivity contribution in [1.29, 1.82) is 0 Å². The van der Waals surface area contributed by atoms with Gasteiger partial charge in [-0.05, 0) is 54.0 Å². The number of halogens is 1. The van der Waals surface area contributed by atoms with Crippen molar-refractivity contribution >= 4 is 21.6 Å². The van der Waals surface area contributed by atoms with E-state index in [1.807, 2.05) is 36.4 Å². The molecule has 0 bridgehead atoms. The number of nitro groups is 1. The van der Waals surface area contributed by atoms with Gasteiger partial charge in [-0.25, -0.2) is 9.36 Å². The predicted molar refractivity (Wildman–Crippen MR) is 155 cm³/mol. The Balaban J connectivity index is 1.92. The van der Waals surface area contributed by atoms with Crippen molar-refractivity contribution in [2.75, 3.05) is 0 Å². The summed E-state index contributed by atoms with van der Waals surface area (Å²) in [6.07, 6.45) is 0. The summed E-state index contributed by atoms with van der Waals surface area (Å²) in [5.74, 6) is -1.41. The van der Waals surface area contributed by atoms with Crippen LogP contribution in [0.3, 0.4) is 0 Å². The van der Waals surface area contributed by atoms with Gasteiger partial charge in [0.05, 0.1) is 37.8 Å². The number of phenolic OH excluding ortho intramolecular Hbond substituents is 1. The Labute approximate surface area is 237 Å². The number of phenols is 1. The van der Waals surface area contributed by atoms with Gasteiger partial charge in [-0.2, -0.15) is 0 Å². The van der Waals surface area contributed by atoms with E-state index in [1.165, 1.54) is 21.5 Å². The Morgan fingerprint density at radius 1 is 0.800 bits per heavy atom. The van der Waals surface area contributed by atoms with Gasteiger partial charge in [-0.15, -0.1) is 0 Å². The quantitative estimate of drug-likeness (QED) is 0.220. The molecule has 0 radical (unpaired) electrons. The fourth-order valence-electron chi connectivity index (χ4n) is 5.23. The van der Waals surface area contributed by atoms with Gasteiger partial charge in [-0.3, -0.25) is 29.1 Å². The molecule has 0 unspecified atom stereocenters. The first-order valence-electron chi connectivity index (χ1n) is 12.4. The summed E-state index contributed by atoms with van der Waals surface area (Å²) in [6, 6.07) is 20.5. The maximum Gasteiger partial charge on any atom is 0.275 e. The van der Waals surface area contributed by atoms with Crippen LogP contribution in [0, 0.1) is 24.0 Å². The van der Waals surface area contributed by atoms with Gasteiger partial charge in [0.1, 0.15) is 5.75 Å². The highest BCUT2D eigenvalue weighted by molar-refractivity contribution is 9.10. The lowest BCUT2D eigenvalue weighted by atomic mass is 9.84. The Morgan fingerprint density at radius 3 is 1.62 bits per heavy atom. The number of aromatic nitrogens is 4. The van der Waals surface area contributed by atoms with Gasteiger partial charge in [0.25, 0.3) is 16.8 Å². The van der Waals surface area contributed by atoms with Crippen LogP contribution in [-0.2, 0) is 14.1 Å². The number of para-hydroxylation sites is 2. The molecule has 0 saturated carbocycles. The Bertz CT molecular complexity index is 1780. The van der Waals surface area contributed by atoms with Crippen molar-refractivity contribution in [3.05, 3.63) is 136 Å². The molecule has 3 aromatic carbocycles. The number of nitro benzene ring substituents is 1. The highest BCUT2D eigenvalue weighted by atomic mass is 79.9. The van der Waals surface area contributed by atoms with Crippen LogP contribution in [0.4, 0.5) is 5.69 Å². The van der Waals surface area contributed by atoms with Crippen molar-refractivity contribution in [3.8, 4) is 17.1 Å². The van der Waals surface area contributed by atoms with E-state index >= 15 is 0 Å². The number of hydrogen-bond donors (Lipinski definition) is 1. The lowest BCUT2D eigenvalue weighted by Gasteiger charge is -2.18. The van der Waals surface area contributed by atoms with Gasteiger partial charge in [-0.1, -0.05) is 36.4 Å². The molecular weight excluding hydrogens is 578 g/mol. The minimum Gasteiger partial charge on any atom is -0.506 e. The zero-order valence-corrected chi connectivity index (χ0v) is 23.8. The zero-order valence-electron chi connectivity index (χ0n) is 22.2. The summed E-state index contributed by atoms with van der Waals surface area (Å²) < 4.78 is 6.40. The highest BCUT2D eigenvalue weighted by Gasteiger charge is 2.35. The lowest BCUT2D eigenvalue weighted by Crippen LogP contribution is -2.26. The van der Waals surface area contributed by atoms with Gasteiger partial charge in [0.15, 0.2) is 0 Å². The van der Waals surface area contributed by atoms with Crippen molar-refractivity contribution in [2.45, 2.75) is 19.8 Å². The van der Waals surface area contributed by atoms with E-state index in [0.29, 0.717) is 22.8 Å². The van der Waals surface area contributed by atoms with E-state index in [9.17, 15) is 24.8 Å². The number of hydrogen-bond acceptors (Lipinski definition) is 5. The topological polar surface area (TPSA) is 117 Å². The normalized spacial score (nSPS) is 11.3. The largest absolute Gasteiger partial charge is 0.506 e. The summed E-state index contributed by atoms with van der Waals surface area (Å²) in [7, 11) is 3.46. The first kappa shape index (κ1) is 26.9. The second kappa shape index (κ2) is 10.2. The molecule has 0 saturated heterocycles. The van der Waals surface area contributed by atoms with Crippen LogP contribution >= 0.6 is 15.9 Å². The molecule has 1 N–H and O–H groups in total. The Morgan fingerprint density at radius 2 is 1.23 bits per heavy atom. The number of benzene rings is 3. The summed E-state index contributed by atoms with van der Waals surface area (Å²) in [4.78, 5) is 39.6. The molecule has 0 fully saturated rings. The molecule has 11 heteroatoms. The van der Waals surface area contributed by atoms with Crippen LogP contribution in [0.25, 0.3) is 11.4 Å². The molecule has 2 aromatic heterocycles. The van der Waals surface area contributed by atoms with Crippen LogP contribution in [-0.4, -0.2) is 28.8 Å². The Hall–Kier alpha value is -4.64. The minimum atomic E-state index is -1.12. The first-order valence-corrected chi connectivity index (χ1v) is 13.2. The Kier molecular flexibility index (Phi) is 6.84. The number of rotatable bonds is 6. The minimum absolute atomic E-state index is 0.0677. The van der Waals surface area contributed by atoms with E-state index in [2.05, 4.69) is 15.9 Å². The first-order chi connectivity index (χ1) is 19.0. The lowest BCUT2D eigenvalue weighted by molar-refractivity contribution is -0.385. The summed E-state index contributed by atoms with van der Waals surface area (Å²) in [5.41, 5.74) is 1.69. The third kappa shape index (κ3) is 4.19. The van der Waals surface area contributed by atoms with Crippen molar-refractivity contribution < 1.29 is 10.0 Å². The maximum absolute atomic E-state index is 14.2. The van der Waals surface area contributed by atoms with E-state index in [4.69, 9.17) is 0 Å². The van der Waals surface area contributed by atoms with E-state index in [0.717, 1.165) is 0 Å². The second-order valence-corrected chi connectivity index (χ2v) is 10.4. The van der Waals surface area contributed by atoms with Crippen LogP contribution in [0.15, 0.2) is 86.9 Å². The molecule has 5 aromatic rings. The SMILES string of the molecule is Cc1c(C(c2cc([N+](=O)[O-])cc(Br)c2O)c2c(C)n(C)n(-c3ccccc3)c2=O)c(=O)n(-c2ccccc2)n1C. The van der Waals surface area contributed by atoms with Gasteiger partial charge < -0.3 is 5.11 Å². The molecule has 0 aliphatic carbocycles. The van der Waals surface area contributed by atoms with Crippen molar-refractivity contribution in [3.63, 3.8) is 0 Å². The van der Waals surface area contributed by atoms with Crippen LogP contribution < -0.4 is 11.1 Å². The molecule has 40 heavy (non-hydrogen) atoms. The van der Waals surface area contributed by atoms with Gasteiger partial charge in [0, 0.05) is 43.2 Å². The molecule has 204 valence electrons. The van der Waals surface area contributed by atoms with Crippen LogP contribution in [0.1, 0.15) is 34.0 Å². The monoisotopic (exact) mass is 603 g/mol. The molecule has 2 heterocycles. The van der Waals surface area contributed by atoms with E-state index < -0.39 is 22.0 Å². The van der Waals surface area contributed by atoms with Gasteiger partial charge >= 0.3 is 0 Å². The predicted octanol–water partition coefficient (Wildman–Crippen LogP) is 4.84. The van der Waals surface area contributed by atoms with Gasteiger partial charge in [0.2, 0.25) is 0 Å². The summed E-state index contributed by atoms with van der Waals surface area (Å²) in [6.45, 7) is 3.50. The smallest absolute Gasteiger partial charge is 0.275 e. The van der Waals surface area contributed by atoms with E-state index in [-0.39, 0.29) is 32.6 Å². The molecule has 0 amide bonds. The van der Waals surface area contributed by atoms with Crippen LogP contribution in [0.5, 0.6) is 5.75 Å². The number of aromatic hydroxyl groups is 1.